The van der Waals surface area contributed by atoms with Gasteiger partial charge in [0.25, 0.3) is 0 Å². The molecule has 1 aromatic rings. The van der Waals surface area contributed by atoms with Crippen LogP contribution in [0.5, 0.6) is 11.5 Å². The molecule has 0 spiro atoms. The Morgan fingerprint density at radius 1 is 1.10 bits per heavy atom. The van der Waals surface area contributed by atoms with E-state index in [1.165, 1.54) is 24.8 Å². The summed E-state index contributed by atoms with van der Waals surface area (Å²) in [6.07, 6.45) is 13.5. The zero-order valence-electron chi connectivity index (χ0n) is 24.9. The molecule has 1 fully saturated rings. The minimum Gasteiger partial charge on any atom is -0.507 e. The molecule has 8 heteroatoms. The molecule has 224 valence electrons. The van der Waals surface area contributed by atoms with Gasteiger partial charge in [-0.05, 0) is 76.0 Å². The van der Waals surface area contributed by atoms with Crippen LogP contribution >= 0.6 is 7.82 Å². The van der Waals surface area contributed by atoms with Crippen LogP contribution in [0.2, 0.25) is 0 Å². The third-order valence-corrected chi connectivity index (χ3v) is 9.09. The largest absolute Gasteiger partial charge is 0.507 e. The van der Waals surface area contributed by atoms with Crippen molar-refractivity contribution in [3.05, 3.63) is 47.1 Å². The van der Waals surface area contributed by atoms with Crippen molar-refractivity contribution in [2.24, 2.45) is 5.92 Å². The van der Waals surface area contributed by atoms with Crippen molar-refractivity contribution in [1.82, 2.24) is 0 Å². The van der Waals surface area contributed by atoms with Crippen LogP contribution in [0.15, 0.2) is 35.9 Å². The van der Waals surface area contributed by atoms with Crippen molar-refractivity contribution < 1.29 is 33.1 Å². The highest BCUT2D eigenvalue weighted by atomic mass is 31.2. The molecule has 0 aliphatic heterocycles. The van der Waals surface area contributed by atoms with Gasteiger partial charge in [0.15, 0.2) is 5.60 Å². The van der Waals surface area contributed by atoms with E-state index in [0.29, 0.717) is 18.4 Å². The standard InChI is InChI=1S/C32H49O7P/c1-6-8-9-10-11-12-13-19-37-40(35,36)39-32(17-18-32)31(34)38-29-22-25(14-7-2)21-28(33)30(29)27-20-24(5)15-16-26(27)23(3)4/h20-22,26-27,33H,3,6-19H2,1-2,4-5H3,(H,35,36)/t26-,27+/m0/s1. The SMILES string of the molecule is C=C(C)[C@@H]1CCC(C)=C[C@H]1c1c(O)cc(CCC)cc1OC(=O)C1(OP(=O)(O)OCCCCCCCCC)CC1. The summed E-state index contributed by atoms with van der Waals surface area (Å²) in [5.74, 6) is -0.503. The number of phenols is 1. The number of hydrogen-bond donors (Lipinski definition) is 2. The van der Waals surface area contributed by atoms with Crippen LogP contribution in [-0.4, -0.2) is 28.2 Å². The van der Waals surface area contributed by atoms with Gasteiger partial charge in [-0.2, -0.15) is 0 Å². The van der Waals surface area contributed by atoms with Crippen molar-refractivity contribution in [3.8, 4) is 11.5 Å². The summed E-state index contributed by atoms with van der Waals surface area (Å²) in [4.78, 5) is 23.8. The molecule has 1 saturated carbocycles. The lowest BCUT2D eigenvalue weighted by atomic mass is 9.73. The first-order chi connectivity index (χ1) is 19.0. The molecule has 3 atom stereocenters. The first kappa shape index (κ1) is 32.6. The van der Waals surface area contributed by atoms with Gasteiger partial charge in [0, 0.05) is 11.5 Å². The number of aromatic hydroxyl groups is 1. The van der Waals surface area contributed by atoms with Gasteiger partial charge in [-0.15, -0.1) is 0 Å². The number of esters is 1. The summed E-state index contributed by atoms with van der Waals surface area (Å²) >= 11 is 0. The van der Waals surface area contributed by atoms with Crippen molar-refractivity contribution in [3.63, 3.8) is 0 Å². The summed E-state index contributed by atoms with van der Waals surface area (Å²) in [5.41, 5.74) is 2.08. The first-order valence-electron chi connectivity index (χ1n) is 15.1. The molecule has 3 rings (SSSR count). The van der Waals surface area contributed by atoms with Crippen molar-refractivity contribution in [2.45, 2.75) is 123 Å². The van der Waals surface area contributed by atoms with Crippen LogP contribution in [0.4, 0.5) is 0 Å². The summed E-state index contributed by atoms with van der Waals surface area (Å²) in [6.45, 7) is 12.5. The highest BCUT2D eigenvalue weighted by Gasteiger charge is 2.58. The predicted molar refractivity (Wildman–Crippen MR) is 159 cm³/mol. The van der Waals surface area contributed by atoms with E-state index in [1.54, 1.807) is 12.1 Å². The van der Waals surface area contributed by atoms with Crippen LogP contribution in [0.3, 0.4) is 0 Å². The molecule has 0 saturated heterocycles. The molecule has 1 aromatic carbocycles. The Bertz CT molecular complexity index is 1100. The maximum Gasteiger partial charge on any atom is 0.473 e. The van der Waals surface area contributed by atoms with Crippen LogP contribution < -0.4 is 4.74 Å². The lowest BCUT2D eigenvalue weighted by molar-refractivity contribution is -0.145. The van der Waals surface area contributed by atoms with Gasteiger partial charge < -0.3 is 14.7 Å². The Hall–Kier alpha value is -1.92. The van der Waals surface area contributed by atoms with Crippen LogP contribution in [0.25, 0.3) is 0 Å². The summed E-state index contributed by atoms with van der Waals surface area (Å²) in [7, 11) is -4.45. The topological polar surface area (TPSA) is 102 Å². The number of aryl methyl sites for hydroxylation is 1. The van der Waals surface area contributed by atoms with E-state index in [-0.39, 0.29) is 42.8 Å². The third kappa shape index (κ3) is 9.04. The number of benzene rings is 1. The van der Waals surface area contributed by atoms with Gasteiger partial charge in [0.2, 0.25) is 0 Å². The van der Waals surface area contributed by atoms with Gasteiger partial charge in [0.05, 0.1) is 6.61 Å². The maximum atomic E-state index is 13.4. The molecule has 1 unspecified atom stereocenters. The monoisotopic (exact) mass is 576 g/mol. The first-order valence-corrected chi connectivity index (χ1v) is 16.6. The zero-order valence-corrected chi connectivity index (χ0v) is 25.8. The van der Waals surface area contributed by atoms with Gasteiger partial charge in [-0.25, -0.2) is 9.36 Å². The van der Waals surface area contributed by atoms with E-state index in [4.69, 9.17) is 13.8 Å². The molecular weight excluding hydrogens is 527 g/mol. The highest BCUT2D eigenvalue weighted by Crippen LogP contribution is 2.56. The second kappa shape index (κ2) is 14.8. The number of rotatable bonds is 17. The number of carbonyl (C=O) groups is 1. The maximum absolute atomic E-state index is 13.4. The Kier molecular flexibility index (Phi) is 12.1. The number of phosphoric acid groups is 1. The fourth-order valence-electron chi connectivity index (χ4n) is 5.55. The van der Waals surface area contributed by atoms with Crippen LogP contribution in [0.1, 0.15) is 122 Å². The Labute approximate surface area is 240 Å². The van der Waals surface area contributed by atoms with Gasteiger partial charge in [-0.3, -0.25) is 9.05 Å². The highest BCUT2D eigenvalue weighted by molar-refractivity contribution is 7.47. The molecule has 7 nitrogen and oxygen atoms in total. The molecule has 2 N–H and O–H groups in total. The number of ether oxygens (including phenoxy) is 1. The molecule has 0 aromatic heterocycles. The second-order valence-electron chi connectivity index (χ2n) is 11.7. The lowest BCUT2D eigenvalue weighted by Gasteiger charge is -2.32. The number of phenolic OH excluding ortho intramolecular Hbond substituents is 1. The van der Waals surface area contributed by atoms with Gasteiger partial charge in [-0.1, -0.05) is 82.6 Å². The minimum atomic E-state index is -4.45. The number of hydrogen-bond acceptors (Lipinski definition) is 6. The van der Waals surface area contributed by atoms with Crippen LogP contribution in [-0.2, 0) is 24.8 Å². The Morgan fingerprint density at radius 2 is 1.77 bits per heavy atom. The van der Waals surface area contributed by atoms with Gasteiger partial charge >= 0.3 is 13.8 Å². The minimum absolute atomic E-state index is 0.0765. The smallest absolute Gasteiger partial charge is 0.473 e. The van der Waals surface area contributed by atoms with E-state index in [2.05, 4.69) is 26.5 Å². The predicted octanol–water partition coefficient (Wildman–Crippen LogP) is 8.68. The van der Waals surface area contributed by atoms with E-state index in [0.717, 1.165) is 49.7 Å². The molecule has 0 amide bonds. The molecule has 2 aliphatic carbocycles. The number of phosphoric ester groups is 1. The van der Waals surface area contributed by atoms with Crippen molar-refractivity contribution in [1.29, 1.82) is 0 Å². The molecule has 40 heavy (non-hydrogen) atoms. The summed E-state index contributed by atoms with van der Waals surface area (Å²) in [6, 6.07) is 3.54. The second-order valence-corrected chi connectivity index (χ2v) is 13.1. The Morgan fingerprint density at radius 3 is 2.40 bits per heavy atom. The van der Waals surface area contributed by atoms with E-state index in [1.807, 2.05) is 13.8 Å². The average Bonchev–Trinajstić information content (AvgIpc) is 3.65. The van der Waals surface area contributed by atoms with Gasteiger partial charge in [0.1, 0.15) is 11.5 Å². The number of allylic oxidation sites excluding steroid dienone is 3. The molecule has 2 aliphatic rings. The fourth-order valence-corrected chi connectivity index (χ4v) is 6.66. The zero-order chi connectivity index (χ0) is 29.3. The number of carbonyl (C=O) groups excluding carboxylic acids is 1. The van der Waals surface area contributed by atoms with Crippen molar-refractivity contribution in [2.75, 3.05) is 6.61 Å². The quantitative estimate of drug-likeness (QED) is 0.0629. The third-order valence-electron chi connectivity index (χ3n) is 8.00. The summed E-state index contributed by atoms with van der Waals surface area (Å²) in [5, 5.41) is 11.2. The number of unbranched alkanes of at least 4 members (excludes halogenated alkanes) is 6. The average molecular weight is 577 g/mol. The fraction of sp³-hybridized carbons (Fsp3) is 0.656. The molecule has 0 radical (unpaired) electrons. The van der Waals surface area contributed by atoms with Crippen molar-refractivity contribution >= 4 is 13.8 Å². The van der Waals surface area contributed by atoms with Crippen LogP contribution in [0, 0.1) is 5.92 Å². The van der Waals surface area contributed by atoms with E-state index < -0.39 is 19.4 Å². The van der Waals surface area contributed by atoms with E-state index in [9.17, 15) is 19.4 Å². The van der Waals surface area contributed by atoms with E-state index >= 15 is 0 Å². The summed E-state index contributed by atoms with van der Waals surface area (Å²) < 4.78 is 29.3. The molecule has 0 heterocycles. The molecular formula is C32H49O7P. The lowest BCUT2D eigenvalue weighted by Crippen LogP contribution is -2.31. The molecule has 0 bridgehead atoms. The Balaban J connectivity index is 1.73. The normalized spacial score (nSPS) is 21.4.